The Morgan fingerprint density at radius 1 is 1.38 bits per heavy atom. The van der Waals surface area contributed by atoms with E-state index in [9.17, 15) is 18.0 Å². The van der Waals surface area contributed by atoms with Gasteiger partial charge in [0.25, 0.3) is 10.0 Å². The minimum Gasteiger partial charge on any atom is -0.484 e. The first-order valence-corrected chi connectivity index (χ1v) is 12.1. The Kier molecular flexibility index (Phi) is 6.09. The van der Waals surface area contributed by atoms with Crippen LogP contribution in [-0.2, 0) is 21.4 Å². The number of aryl methyl sites for hydroxylation is 2. The number of benzene rings is 1. The first-order chi connectivity index (χ1) is 16.1. The second-order valence-corrected chi connectivity index (χ2v) is 9.98. The lowest BCUT2D eigenvalue weighted by atomic mass is 10.2. The van der Waals surface area contributed by atoms with Gasteiger partial charge in [-0.15, -0.1) is 0 Å². The van der Waals surface area contributed by atoms with Crippen molar-refractivity contribution in [1.29, 1.82) is 5.26 Å². The highest BCUT2D eigenvalue weighted by atomic mass is 32.2. The fraction of sp³-hybridized carbons (Fsp3) is 0.429. The molecule has 2 aromatic rings. The van der Waals surface area contributed by atoms with E-state index in [2.05, 4.69) is 21.8 Å². The summed E-state index contributed by atoms with van der Waals surface area (Å²) in [5.41, 5.74) is 0.680. The van der Waals surface area contributed by atoms with Crippen LogP contribution in [-0.4, -0.2) is 54.5 Å². The molecule has 0 spiro atoms. The number of anilines is 2. The van der Waals surface area contributed by atoms with Gasteiger partial charge in [0, 0.05) is 18.4 Å². The Bertz CT molecular complexity index is 1280. The topological polar surface area (TPSA) is 167 Å². The molecular formula is C21H24N6O6S. The number of sulfonamides is 1. The van der Waals surface area contributed by atoms with Gasteiger partial charge in [0.05, 0.1) is 42.4 Å². The number of nitrogens with one attached hydrogen (secondary N) is 2. The second kappa shape index (κ2) is 8.86. The molecule has 1 aromatic carbocycles. The highest BCUT2D eigenvalue weighted by molar-refractivity contribution is 7.92. The highest BCUT2D eigenvalue weighted by Gasteiger charge is 2.44. The van der Waals surface area contributed by atoms with Crippen molar-refractivity contribution in [2.45, 2.75) is 37.8 Å². The van der Waals surface area contributed by atoms with Gasteiger partial charge in [0.15, 0.2) is 0 Å². The molecular weight excluding hydrogens is 464 g/mol. The van der Waals surface area contributed by atoms with Crippen LogP contribution in [0.1, 0.15) is 19.0 Å². The van der Waals surface area contributed by atoms with Gasteiger partial charge in [-0.05, 0) is 38.5 Å². The van der Waals surface area contributed by atoms with Crippen LogP contribution >= 0.6 is 0 Å². The molecule has 1 aliphatic heterocycles. The fourth-order valence-corrected chi connectivity index (χ4v) is 5.52. The molecule has 180 valence electrons. The molecule has 3 atom stereocenters. The van der Waals surface area contributed by atoms with Gasteiger partial charge >= 0.3 is 6.09 Å². The Balaban J connectivity index is 1.65. The summed E-state index contributed by atoms with van der Waals surface area (Å²) in [5.74, 6) is -0.681. The molecule has 12 nitrogen and oxygen atoms in total. The van der Waals surface area contributed by atoms with Gasteiger partial charge in [-0.25, -0.2) is 13.2 Å². The molecule has 2 heterocycles. The predicted octanol–water partition coefficient (Wildman–Crippen LogP) is 1.53. The van der Waals surface area contributed by atoms with Crippen LogP contribution in [0.25, 0.3) is 0 Å². The maximum Gasteiger partial charge on any atom is 0.409 e. The maximum absolute atomic E-state index is 13.7. The Labute approximate surface area is 196 Å². The van der Waals surface area contributed by atoms with Crippen molar-refractivity contribution < 1.29 is 27.9 Å². The molecule has 1 unspecified atom stereocenters. The van der Waals surface area contributed by atoms with Crippen LogP contribution in [0, 0.1) is 30.1 Å². The zero-order valence-electron chi connectivity index (χ0n) is 18.6. The number of nitrogens with zero attached hydrogens (tertiary/aromatic N) is 4. The van der Waals surface area contributed by atoms with E-state index in [0.29, 0.717) is 18.7 Å². The second-order valence-electron chi connectivity index (χ2n) is 8.15. The predicted molar refractivity (Wildman–Crippen MR) is 120 cm³/mol. The standard InChI is InChI=1S/C21H24N6O6S/c1-3-26-11-19(12(2)25-26)34(31,32)27-10-15(9-23-20(28)16-6-13(16)8-22)33-18-5-4-14(7-17(18)27)24-21(29)30/h4-5,7,11,13,15-16,24H,3,6,9-10H2,1-2H3,(H,23,28)(H,29,30)/t13-,15?,16-/m1/s1. The van der Waals surface area contributed by atoms with E-state index in [0.717, 1.165) is 4.31 Å². The van der Waals surface area contributed by atoms with Crippen molar-refractivity contribution in [1.82, 2.24) is 15.1 Å². The molecule has 2 amide bonds. The number of fused-ring (bicyclic) bond motifs is 1. The first kappa shape index (κ1) is 23.4. The van der Waals surface area contributed by atoms with Crippen LogP contribution in [0.3, 0.4) is 0 Å². The largest absolute Gasteiger partial charge is 0.484 e. The molecule has 1 saturated carbocycles. The third-order valence-corrected chi connectivity index (χ3v) is 7.62. The molecule has 0 saturated heterocycles. The van der Waals surface area contributed by atoms with E-state index in [1.165, 1.54) is 29.1 Å². The number of hydrogen-bond acceptors (Lipinski definition) is 7. The summed E-state index contributed by atoms with van der Waals surface area (Å²) in [6.07, 6.45) is -0.0322. The Hall–Kier alpha value is -3.79. The molecule has 1 fully saturated rings. The van der Waals surface area contributed by atoms with Gasteiger partial charge in [-0.3, -0.25) is 19.1 Å². The molecule has 3 N–H and O–H groups in total. The number of hydrogen-bond donors (Lipinski definition) is 3. The summed E-state index contributed by atoms with van der Waals surface area (Å²) in [7, 11) is -4.09. The SMILES string of the molecule is CCn1cc(S(=O)(=O)N2CC(CNC(=O)[C@@H]3C[C@@H]3C#N)Oc3ccc(NC(=O)O)cc32)c(C)n1. The van der Waals surface area contributed by atoms with Gasteiger partial charge < -0.3 is 15.2 Å². The van der Waals surface area contributed by atoms with Crippen LogP contribution in [0.15, 0.2) is 29.3 Å². The lowest BCUT2D eigenvalue weighted by Crippen LogP contribution is -2.48. The van der Waals surface area contributed by atoms with Crippen LogP contribution in [0.2, 0.25) is 0 Å². The highest BCUT2D eigenvalue weighted by Crippen LogP contribution is 2.40. The Morgan fingerprint density at radius 2 is 2.15 bits per heavy atom. The first-order valence-electron chi connectivity index (χ1n) is 10.7. The lowest BCUT2D eigenvalue weighted by molar-refractivity contribution is -0.122. The van der Waals surface area contributed by atoms with Crippen LogP contribution in [0.4, 0.5) is 16.2 Å². The number of ether oxygens (including phenoxy) is 1. The quantitative estimate of drug-likeness (QED) is 0.527. The van der Waals surface area contributed by atoms with Gasteiger partial charge in [0.1, 0.15) is 16.7 Å². The van der Waals surface area contributed by atoms with E-state index in [1.807, 2.05) is 6.92 Å². The van der Waals surface area contributed by atoms with Crippen molar-refractivity contribution in [3.63, 3.8) is 0 Å². The molecule has 2 aliphatic rings. The summed E-state index contributed by atoms with van der Waals surface area (Å²) < 4.78 is 35.9. The van der Waals surface area contributed by atoms with Crippen molar-refractivity contribution in [3.05, 3.63) is 30.1 Å². The average molecular weight is 489 g/mol. The fourth-order valence-electron chi connectivity index (χ4n) is 3.85. The third kappa shape index (κ3) is 4.49. The summed E-state index contributed by atoms with van der Waals surface area (Å²) in [5, 5.41) is 27.2. The number of carboxylic acid groups (broad SMARTS) is 1. The van der Waals surface area contributed by atoms with Crippen molar-refractivity contribution in [3.8, 4) is 11.8 Å². The van der Waals surface area contributed by atoms with Crippen molar-refractivity contribution in [2.75, 3.05) is 22.7 Å². The number of nitriles is 1. The lowest BCUT2D eigenvalue weighted by Gasteiger charge is -2.35. The maximum atomic E-state index is 13.7. The summed E-state index contributed by atoms with van der Waals surface area (Å²) >= 11 is 0. The monoisotopic (exact) mass is 488 g/mol. The van der Waals surface area contributed by atoms with Gasteiger partial charge in [0.2, 0.25) is 5.91 Å². The van der Waals surface area contributed by atoms with E-state index in [1.54, 1.807) is 6.92 Å². The molecule has 1 aliphatic carbocycles. The normalized spacial score (nSPS) is 21.1. The molecule has 34 heavy (non-hydrogen) atoms. The number of rotatable bonds is 7. The van der Waals surface area contributed by atoms with Crippen molar-refractivity contribution in [2.24, 2.45) is 11.8 Å². The summed E-state index contributed by atoms with van der Waals surface area (Å²) in [4.78, 5) is 23.4. The molecule has 0 bridgehead atoms. The number of amides is 2. The van der Waals surface area contributed by atoms with Crippen molar-refractivity contribution >= 4 is 33.4 Å². The molecule has 13 heteroatoms. The zero-order valence-corrected chi connectivity index (χ0v) is 19.4. The molecule has 0 radical (unpaired) electrons. The van der Waals surface area contributed by atoms with E-state index >= 15 is 0 Å². The van der Waals surface area contributed by atoms with Crippen LogP contribution < -0.4 is 19.7 Å². The van der Waals surface area contributed by atoms with E-state index in [4.69, 9.17) is 15.1 Å². The van der Waals surface area contributed by atoms with E-state index in [-0.39, 0.29) is 52.9 Å². The number of carbonyl (C=O) groups is 2. The van der Waals surface area contributed by atoms with E-state index < -0.39 is 22.2 Å². The average Bonchev–Trinajstić information content (AvgIpc) is 3.49. The third-order valence-electron chi connectivity index (χ3n) is 5.73. The minimum atomic E-state index is -4.09. The molecule has 1 aromatic heterocycles. The van der Waals surface area contributed by atoms with Gasteiger partial charge in [-0.2, -0.15) is 10.4 Å². The number of aromatic nitrogens is 2. The zero-order chi connectivity index (χ0) is 24.6. The minimum absolute atomic E-state index is 0.0245. The Morgan fingerprint density at radius 3 is 2.76 bits per heavy atom. The summed E-state index contributed by atoms with van der Waals surface area (Å²) in [6, 6.07) is 6.38. The van der Waals surface area contributed by atoms with Crippen LogP contribution in [0.5, 0.6) is 5.75 Å². The number of carbonyl (C=O) groups excluding carboxylic acids is 1. The smallest absolute Gasteiger partial charge is 0.409 e. The molecule has 4 rings (SSSR count). The van der Waals surface area contributed by atoms with Gasteiger partial charge in [-0.1, -0.05) is 0 Å². The summed E-state index contributed by atoms with van der Waals surface area (Å²) in [6.45, 7) is 3.85.